The summed E-state index contributed by atoms with van der Waals surface area (Å²) in [6.45, 7) is 5.65. The van der Waals surface area contributed by atoms with E-state index in [9.17, 15) is 10.4 Å². The number of fused-ring (bicyclic) bond motifs is 1. The largest absolute Gasteiger partial charge is 0.508 e. The van der Waals surface area contributed by atoms with E-state index in [0.717, 1.165) is 38.9 Å². The molecule has 0 saturated carbocycles. The number of aromatic hydroxyl groups is 1. The van der Waals surface area contributed by atoms with Gasteiger partial charge in [-0.25, -0.2) is 15.0 Å². The molecule has 4 heterocycles. The molecule has 5 aromatic rings. The summed E-state index contributed by atoms with van der Waals surface area (Å²) in [6, 6.07) is 5.93. The number of benzene rings is 1. The van der Waals surface area contributed by atoms with Gasteiger partial charge in [-0.15, -0.1) is 0 Å². The average Bonchev–Trinajstić information content (AvgIpc) is 3.46. The predicted molar refractivity (Wildman–Crippen MR) is 125 cm³/mol. The van der Waals surface area contributed by atoms with Crippen molar-refractivity contribution in [2.45, 2.75) is 27.2 Å². The summed E-state index contributed by atoms with van der Waals surface area (Å²) in [5.41, 5.74) is 7.82. The zero-order chi connectivity index (χ0) is 23.1. The molecule has 8 nitrogen and oxygen atoms in total. The summed E-state index contributed by atoms with van der Waals surface area (Å²) in [4.78, 5) is 16.7. The number of hydrogen-bond acceptors (Lipinski definition) is 6. The van der Waals surface area contributed by atoms with Gasteiger partial charge in [-0.3, -0.25) is 5.10 Å². The molecule has 4 aromatic heterocycles. The first-order valence-corrected chi connectivity index (χ1v) is 10.5. The van der Waals surface area contributed by atoms with E-state index in [1.165, 1.54) is 0 Å². The third-order valence-electron chi connectivity index (χ3n) is 5.96. The molecule has 1 aromatic carbocycles. The third-order valence-corrected chi connectivity index (χ3v) is 5.96. The van der Waals surface area contributed by atoms with Gasteiger partial charge in [-0.2, -0.15) is 10.4 Å². The molecular weight excluding hydrogens is 414 g/mol. The Kier molecular flexibility index (Phi) is 4.87. The van der Waals surface area contributed by atoms with Gasteiger partial charge in [0, 0.05) is 47.7 Å². The standard InChI is InChI=1S/C25H21N7O/c1-13-4-5-21(33)14(2)22(13)20-12-29-25-23(19(20)7-26)18(6-16-8-30-31-9-16)24(32-25)17-10-27-15(3)28-11-17/h4-5,8-12,33H,6H2,1-3H3,(H,29,32)(H,30,31). The first-order chi connectivity index (χ1) is 16.0. The van der Waals surface area contributed by atoms with E-state index in [1.807, 2.05) is 33.0 Å². The van der Waals surface area contributed by atoms with Crippen LogP contribution in [0.25, 0.3) is 33.4 Å². The topological polar surface area (TPSA) is 127 Å². The number of nitriles is 1. The number of hydrogen-bond donors (Lipinski definition) is 3. The normalized spacial score (nSPS) is 11.1. The fourth-order valence-electron chi connectivity index (χ4n) is 4.30. The highest BCUT2D eigenvalue weighted by Gasteiger charge is 2.23. The summed E-state index contributed by atoms with van der Waals surface area (Å²) in [7, 11) is 0. The molecule has 0 aliphatic rings. The van der Waals surface area contributed by atoms with Crippen molar-refractivity contribution in [2.24, 2.45) is 0 Å². The molecule has 0 spiro atoms. The van der Waals surface area contributed by atoms with Crippen molar-refractivity contribution in [1.29, 1.82) is 5.26 Å². The smallest absolute Gasteiger partial charge is 0.139 e. The van der Waals surface area contributed by atoms with Crippen LogP contribution >= 0.6 is 0 Å². The molecule has 3 N–H and O–H groups in total. The van der Waals surface area contributed by atoms with E-state index in [0.29, 0.717) is 34.6 Å². The molecule has 0 saturated heterocycles. The van der Waals surface area contributed by atoms with Gasteiger partial charge in [-0.05, 0) is 54.7 Å². The van der Waals surface area contributed by atoms with Crippen LogP contribution in [0.2, 0.25) is 0 Å². The Bertz CT molecular complexity index is 1520. The Morgan fingerprint density at radius 3 is 2.52 bits per heavy atom. The van der Waals surface area contributed by atoms with Crippen molar-refractivity contribution >= 4 is 11.0 Å². The van der Waals surface area contributed by atoms with Crippen molar-refractivity contribution in [1.82, 2.24) is 30.1 Å². The lowest BCUT2D eigenvalue weighted by atomic mass is 9.90. The summed E-state index contributed by atoms with van der Waals surface area (Å²) < 4.78 is 0. The Labute approximate surface area is 190 Å². The summed E-state index contributed by atoms with van der Waals surface area (Å²) in [5.74, 6) is 0.865. The highest BCUT2D eigenvalue weighted by molar-refractivity contribution is 5.98. The number of rotatable bonds is 4. The molecule has 8 heteroatoms. The van der Waals surface area contributed by atoms with Gasteiger partial charge < -0.3 is 10.1 Å². The van der Waals surface area contributed by atoms with Gasteiger partial charge in [0.05, 0.1) is 17.5 Å². The van der Waals surface area contributed by atoms with E-state index in [2.05, 4.69) is 36.2 Å². The number of nitrogens with zero attached hydrogens (tertiary/aromatic N) is 5. The molecule has 162 valence electrons. The summed E-state index contributed by atoms with van der Waals surface area (Å²) in [6.07, 6.45) is 9.37. The quantitative estimate of drug-likeness (QED) is 0.381. The monoisotopic (exact) mass is 435 g/mol. The van der Waals surface area contributed by atoms with Crippen LogP contribution in [-0.4, -0.2) is 35.2 Å². The highest BCUT2D eigenvalue weighted by Crippen LogP contribution is 2.39. The minimum atomic E-state index is 0.185. The summed E-state index contributed by atoms with van der Waals surface area (Å²) in [5, 5.41) is 28.3. The van der Waals surface area contributed by atoms with Crippen molar-refractivity contribution in [3.8, 4) is 34.2 Å². The Balaban J connectivity index is 1.84. The van der Waals surface area contributed by atoms with Gasteiger partial charge in [0.1, 0.15) is 23.3 Å². The zero-order valence-electron chi connectivity index (χ0n) is 18.4. The molecule has 0 radical (unpaired) electrons. The molecule has 0 fully saturated rings. The predicted octanol–water partition coefficient (Wildman–Crippen LogP) is 4.50. The number of phenolic OH excluding ortho intramolecular Hbond substituents is 1. The van der Waals surface area contributed by atoms with Crippen LogP contribution in [0.15, 0.2) is 43.1 Å². The molecule has 0 aliphatic heterocycles. The van der Waals surface area contributed by atoms with Crippen LogP contribution in [-0.2, 0) is 6.42 Å². The van der Waals surface area contributed by atoms with Gasteiger partial charge in [0.25, 0.3) is 0 Å². The second kappa shape index (κ2) is 7.88. The lowest BCUT2D eigenvalue weighted by molar-refractivity contribution is 0.471. The minimum absolute atomic E-state index is 0.185. The SMILES string of the molecule is Cc1ncc(-c2[nH]c3ncc(-c4c(C)ccc(O)c4C)c(C#N)c3c2Cc2cn[nH]c2)cn1. The summed E-state index contributed by atoms with van der Waals surface area (Å²) >= 11 is 0. The van der Waals surface area contributed by atoms with Crippen molar-refractivity contribution in [3.05, 3.63) is 76.8 Å². The maximum atomic E-state index is 10.3. The van der Waals surface area contributed by atoms with Crippen molar-refractivity contribution < 1.29 is 5.11 Å². The molecule has 0 amide bonds. The number of phenols is 1. The molecule has 0 aliphatic carbocycles. The van der Waals surface area contributed by atoms with Crippen LogP contribution in [0.1, 0.15) is 33.6 Å². The molecule has 33 heavy (non-hydrogen) atoms. The molecular formula is C25H21N7O. The fourth-order valence-corrected chi connectivity index (χ4v) is 4.30. The number of aromatic nitrogens is 6. The Hall–Kier alpha value is -4.51. The van der Waals surface area contributed by atoms with Gasteiger partial charge in [0.15, 0.2) is 0 Å². The van der Waals surface area contributed by atoms with Crippen molar-refractivity contribution in [2.75, 3.05) is 0 Å². The van der Waals surface area contributed by atoms with Gasteiger partial charge in [-0.1, -0.05) is 6.07 Å². The van der Waals surface area contributed by atoms with E-state index < -0.39 is 0 Å². The minimum Gasteiger partial charge on any atom is -0.508 e. The maximum Gasteiger partial charge on any atom is 0.139 e. The van der Waals surface area contributed by atoms with E-state index >= 15 is 0 Å². The molecule has 5 rings (SSSR count). The van der Waals surface area contributed by atoms with Crippen LogP contribution in [0.5, 0.6) is 5.75 Å². The van der Waals surface area contributed by atoms with Crippen LogP contribution in [0.3, 0.4) is 0 Å². The number of aromatic amines is 2. The lowest BCUT2D eigenvalue weighted by Gasteiger charge is -2.14. The molecule has 0 unspecified atom stereocenters. The maximum absolute atomic E-state index is 10.3. The van der Waals surface area contributed by atoms with E-state index in [1.54, 1.807) is 30.9 Å². The number of H-pyrrole nitrogens is 2. The van der Waals surface area contributed by atoms with E-state index in [4.69, 9.17) is 0 Å². The van der Waals surface area contributed by atoms with Gasteiger partial charge in [0.2, 0.25) is 0 Å². The molecule has 0 atom stereocenters. The van der Waals surface area contributed by atoms with Crippen molar-refractivity contribution in [3.63, 3.8) is 0 Å². The first kappa shape index (κ1) is 20.4. The lowest BCUT2D eigenvalue weighted by Crippen LogP contribution is -1.96. The number of pyridine rings is 1. The fraction of sp³-hybridized carbons (Fsp3) is 0.160. The van der Waals surface area contributed by atoms with E-state index in [-0.39, 0.29) is 5.75 Å². The zero-order valence-corrected chi connectivity index (χ0v) is 18.4. The third kappa shape index (κ3) is 3.40. The van der Waals surface area contributed by atoms with Crippen LogP contribution in [0.4, 0.5) is 0 Å². The van der Waals surface area contributed by atoms with Crippen LogP contribution in [0, 0.1) is 32.1 Å². The van der Waals surface area contributed by atoms with Gasteiger partial charge >= 0.3 is 0 Å². The Morgan fingerprint density at radius 1 is 1.03 bits per heavy atom. The Morgan fingerprint density at radius 2 is 1.82 bits per heavy atom. The average molecular weight is 435 g/mol. The number of nitrogens with one attached hydrogen (secondary N) is 2. The second-order valence-corrected chi connectivity index (χ2v) is 8.06. The highest BCUT2D eigenvalue weighted by atomic mass is 16.3. The van der Waals surface area contributed by atoms with Crippen LogP contribution < -0.4 is 0 Å². The molecule has 0 bridgehead atoms. The first-order valence-electron chi connectivity index (χ1n) is 10.5. The second-order valence-electron chi connectivity index (χ2n) is 8.06. The number of aryl methyl sites for hydroxylation is 2.